The molecular formula is C27H20F3N3O5S. The number of nitrogens with zero attached hydrogens (tertiary/aromatic N) is 2. The van der Waals surface area contributed by atoms with Gasteiger partial charge in [-0.25, -0.2) is 0 Å². The summed E-state index contributed by atoms with van der Waals surface area (Å²) in [4.78, 5) is 38.6. The second-order valence-corrected chi connectivity index (χ2v) is 10.6. The molecule has 1 atom stereocenters. The molecule has 0 spiro atoms. The molecule has 200 valence electrons. The van der Waals surface area contributed by atoms with E-state index >= 15 is 0 Å². The maximum absolute atomic E-state index is 13.7. The number of carbonyl (C=O) groups is 1. The molecule has 0 saturated heterocycles. The predicted molar refractivity (Wildman–Crippen MR) is 139 cm³/mol. The molecular weight excluding hydrogens is 535 g/mol. The van der Waals surface area contributed by atoms with Gasteiger partial charge in [0.25, 0.3) is 17.2 Å². The zero-order chi connectivity index (χ0) is 28.1. The zero-order valence-corrected chi connectivity index (χ0v) is 21.2. The molecule has 0 bridgehead atoms. The number of amides is 1. The highest BCUT2D eigenvalue weighted by molar-refractivity contribution is 7.85. The van der Waals surface area contributed by atoms with Gasteiger partial charge in [0.05, 0.1) is 31.7 Å². The van der Waals surface area contributed by atoms with Crippen LogP contribution < -0.4 is 10.9 Å². The third kappa shape index (κ3) is 4.83. The number of pyridine rings is 1. The van der Waals surface area contributed by atoms with Crippen LogP contribution >= 0.6 is 0 Å². The molecule has 1 aliphatic heterocycles. The van der Waals surface area contributed by atoms with Gasteiger partial charge in [0.15, 0.2) is 0 Å². The standard InChI is InChI=1S/C27H20F3N3O5S/c1-15-10-16(12-18(11-15)27(28,29)30)14-31-25(34)23-22(17-4-2-5-19(13-17)33(36)37)20-6-3-7-21-24(20)32(26(23)35)8-9-39(21)38/h2-7,10-13H,8-9,14H2,1H3,(H,31,34). The molecule has 1 amide bonds. The first-order valence-electron chi connectivity index (χ1n) is 11.7. The van der Waals surface area contributed by atoms with Crippen molar-refractivity contribution < 1.29 is 27.1 Å². The first-order chi connectivity index (χ1) is 18.5. The van der Waals surface area contributed by atoms with E-state index < -0.39 is 38.9 Å². The van der Waals surface area contributed by atoms with Crippen LogP contribution in [0, 0.1) is 17.0 Å². The van der Waals surface area contributed by atoms with Crippen LogP contribution in [-0.4, -0.2) is 25.4 Å². The third-order valence-electron chi connectivity index (χ3n) is 6.48. The summed E-state index contributed by atoms with van der Waals surface area (Å²) < 4.78 is 54.0. The van der Waals surface area contributed by atoms with E-state index in [4.69, 9.17) is 0 Å². The van der Waals surface area contributed by atoms with Crippen molar-refractivity contribution in [3.05, 3.63) is 103 Å². The Hall–Kier alpha value is -4.32. The highest BCUT2D eigenvalue weighted by Gasteiger charge is 2.31. The molecule has 8 nitrogen and oxygen atoms in total. The van der Waals surface area contributed by atoms with Gasteiger partial charge < -0.3 is 9.88 Å². The molecule has 39 heavy (non-hydrogen) atoms. The highest BCUT2D eigenvalue weighted by atomic mass is 32.2. The quantitative estimate of drug-likeness (QED) is 0.277. The van der Waals surface area contributed by atoms with Crippen LogP contribution in [0.25, 0.3) is 22.0 Å². The van der Waals surface area contributed by atoms with Crippen molar-refractivity contribution in [2.75, 3.05) is 5.75 Å². The maximum atomic E-state index is 13.7. The lowest BCUT2D eigenvalue weighted by Crippen LogP contribution is -2.36. The largest absolute Gasteiger partial charge is 0.416 e. The summed E-state index contributed by atoms with van der Waals surface area (Å²) >= 11 is 0. The number of aryl methyl sites for hydroxylation is 2. The molecule has 0 radical (unpaired) electrons. The molecule has 1 unspecified atom stereocenters. The van der Waals surface area contributed by atoms with Crippen LogP contribution in [0.3, 0.4) is 0 Å². The number of aromatic nitrogens is 1. The van der Waals surface area contributed by atoms with Crippen molar-refractivity contribution in [2.24, 2.45) is 0 Å². The zero-order valence-electron chi connectivity index (χ0n) is 20.4. The average molecular weight is 556 g/mol. The van der Waals surface area contributed by atoms with Gasteiger partial charge in [-0.05, 0) is 36.2 Å². The number of hydrogen-bond donors (Lipinski definition) is 1. The minimum atomic E-state index is -4.57. The second kappa shape index (κ2) is 9.77. The molecule has 1 aliphatic rings. The number of nitrogens with one attached hydrogen (secondary N) is 1. The van der Waals surface area contributed by atoms with Gasteiger partial charge in [-0.15, -0.1) is 0 Å². The Morgan fingerprint density at radius 3 is 2.59 bits per heavy atom. The van der Waals surface area contributed by atoms with E-state index in [0.29, 0.717) is 21.4 Å². The first-order valence-corrected chi connectivity index (χ1v) is 13.1. The van der Waals surface area contributed by atoms with Crippen molar-refractivity contribution in [3.8, 4) is 11.1 Å². The van der Waals surface area contributed by atoms with Gasteiger partial charge in [0, 0.05) is 41.9 Å². The number of alkyl halides is 3. The Kier molecular flexibility index (Phi) is 6.59. The van der Waals surface area contributed by atoms with E-state index in [2.05, 4.69) is 5.32 Å². The SMILES string of the molecule is Cc1cc(CNC(=O)c2c(-c3cccc([N+](=O)[O-])c3)c3cccc4c3n(c2=O)CCS4=O)cc(C(F)(F)F)c1. The number of nitro benzene ring substituents is 1. The normalized spacial score (nSPS) is 14.8. The lowest BCUT2D eigenvalue weighted by atomic mass is 9.94. The maximum Gasteiger partial charge on any atom is 0.416 e. The van der Waals surface area contributed by atoms with E-state index in [1.807, 2.05) is 0 Å². The number of para-hydroxylation sites is 1. The summed E-state index contributed by atoms with van der Waals surface area (Å²) in [6.07, 6.45) is -4.57. The summed E-state index contributed by atoms with van der Waals surface area (Å²) in [7, 11) is -1.39. The number of rotatable bonds is 5. The van der Waals surface area contributed by atoms with Crippen molar-refractivity contribution in [3.63, 3.8) is 0 Å². The van der Waals surface area contributed by atoms with E-state index in [1.165, 1.54) is 41.8 Å². The number of hydrogen-bond acceptors (Lipinski definition) is 5. The van der Waals surface area contributed by atoms with Gasteiger partial charge in [-0.2, -0.15) is 13.2 Å². The van der Waals surface area contributed by atoms with Crippen LogP contribution in [0.1, 0.15) is 27.0 Å². The van der Waals surface area contributed by atoms with Crippen molar-refractivity contribution in [1.82, 2.24) is 9.88 Å². The molecule has 5 rings (SSSR count). The number of carbonyl (C=O) groups excluding carboxylic acids is 1. The molecule has 12 heteroatoms. The van der Waals surface area contributed by atoms with Crippen LogP contribution in [0.2, 0.25) is 0 Å². The van der Waals surface area contributed by atoms with Crippen molar-refractivity contribution in [1.29, 1.82) is 0 Å². The smallest absolute Gasteiger partial charge is 0.348 e. The lowest BCUT2D eigenvalue weighted by Gasteiger charge is -2.23. The highest BCUT2D eigenvalue weighted by Crippen LogP contribution is 2.36. The summed E-state index contributed by atoms with van der Waals surface area (Å²) in [6.45, 7) is 1.30. The molecule has 3 aromatic carbocycles. The topological polar surface area (TPSA) is 111 Å². The number of halogens is 3. The molecule has 1 N–H and O–H groups in total. The summed E-state index contributed by atoms with van der Waals surface area (Å²) in [5, 5.41) is 14.4. The van der Waals surface area contributed by atoms with Crippen LogP contribution in [0.5, 0.6) is 0 Å². The number of non-ortho nitro benzene ring substituents is 1. The molecule has 0 aliphatic carbocycles. The Morgan fingerprint density at radius 2 is 1.87 bits per heavy atom. The first kappa shape index (κ1) is 26.3. The van der Waals surface area contributed by atoms with Gasteiger partial charge in [-0.1, -0.05) is 35.9 Å². The minimum Gasteiger partial charge on any atom is -0.348 e. The predicted octanol–water partition coefficient (Wildman–Crippen LogP) is 4.96. The Morgan fingerprint density at radius 1 is 1.13 bits per heavy atom. The van der Waals surface area contributed by atoms with E-state index in [-0.39, 0.29) is 46.8 Å². The number of benzene rings is 3. The van der Waals surface area contributed by atoms with Crippen molar-refractivity contribution in [2.45, 2.75) is 31.1 Å². The van der Waals surface area contributed by atoms with Gasteiger partial charge in [-0.3, -0.25) is 23.9 Å². The molecule has 4 aromatic rings. The summed E-state index contributed by atoms with van der Waals surface area (Å²) in [6, 6.07) is 13.8. The van der Waals surface area contributed by atoms with E-state index in [1.54, 1.807) is 18.2 Å². The fraction of sp³-hybridized carbons (Fsp3) is 0.185. The fourth-order valence-corrected chi connectivity index (χ4v) is 6.08. The molecule has 0 fully saturated rings. The van der Waals surface area contributed by atoms with Crippen molar-refractivity contribution >= 4 is 33.3 Å². The second-order valence-electron chi connectivity index (χ2n) is 9.10. The number of nitro groups is 1. The fourth-order valence-electron chi connectivity index (χ4n) is 4.85. The van der Waals surface area contributed by atoms with Gasteiger partial charge >= 0.3 is 6.18 Å². The van der Waals surface area contributed by atoms with Crippen LogP contribution in [-0.2, 0) is 30.1 Å². The van der Waals surface area contributed by atoms with Crippen LogP contribution in [0.15, 0.2) is 70.4 Å². The lowest BCUT2D eigenvalue weighted by molar-refractivity contribution is -0.384. The van der Waals surface area contributed by atoms with E-state index in [0.717, 1.165) is 12.1 Å². The Balaban J connectivity index is 1.68. The Bertz CT molecular complexity index is 1760. The van der Waals surface area contributed by atoms with Gasteiger partial charge in [0.1, 0.15) is 5.56 Å². The summed E-state index contributed by atoms with van der Waals surface area (Å²) in [5.41, 5.74) is -0.867. The third-order valence-corrected chi connectivity index (χ3v) is 7.86. The molecule has 2 heterocycles. The van der Waals surface area contributed by atoms with Crippen LogP contribution in [0.4, 0.5) is 18.9 Å². The van der Waals surface area contributed by atoms with E-state index in [9.17, 15) is 37.1 Å². The molecule has 0 saturated carbocycles. The average Bonchev–Trinajstić information content (AvgIpc) is 2.89. The Labute approximate surface area is 221 Å². The van der Waals surface area contributed by atoms with Gasteiger partial charge in [0.2, 0.25) is 0 Å². The minimum absolute atomic E-state index is 0.0846. The monoisotopic (exact) mass is 555 g/mol. The molecule has 1 aromatic heterocycles. The summed E-state index contributed by atoms with van der Waals surface area (Å²) in [5.74, 6) is -0.688.